The lowest BCUT2D eigenvalue weighted by Crippen LogP contribution is -2.33. The SMILES string of the molecule is O=NNC(=O)CCCOC(=O)C1(C(=O)OCCCC(=O)NN=O)C2c3cc4c5c6c(cc7ccc8cc9c%10c%11c(cc(c%12c3c5c(c%12%11)c3c6c7c8c%103)C21)C9)C4. The average Bonchev–Trinajstić information content (AvgIpc) is 3.47. The van der Waals surface area contributed by atoms with Crippen molar-refractivity contribution in [3.63, 3.8) is 0 Å². The highest BCUT2D eigenvalue weighted by Crippen LogP contribution is 2.77. The van der Waals surface area contributed by atoms with Gasteiger partial charge >= 0.3 is 11.9 Å². The third-order valence-electron chi connectivity index (χ3n) is 13.7. The summed E-state index contributed by atoms with van der Waals surface area (Å²) in [4.78, 5) is 74.0. The molecule has 12 nitrogen and oxygen atoms in total. The number of carbonyl (C=O) groups is 4. The van der Waals surface area contributed by atoms with Crippen LogP contribution >= 0.6 is 0 Å². The molecular weight excluding hydrogens is 700 g/mol. The molecule has 1 fully saturated rings. The van der Waals surface area contributed by atoms with Gasteiger partial charge < -0.3 is 9.47 Å². The summed E-state index contributed by atoms with van der Waals surface area (Å²) >= 11 is 0. The molecule has 9 aromatic carbocycles. The van der Waals surface area contributed by atoms with Gasteiger partial charge in [0, 0.05) is 24.7 Å². The molecule has 4 aliphatic carbocycles. The first kappa shape index (κ1) is 29.8. The summed E-state index contributed by atoms with van der Waals surface area (Å²) in [5.41, 5.74) is 8.88. The molecular formula is C43H26N4O8. The molecule has 266 valence electrons. The van der Waals surface area contributed by atoms with Crippen LogP contribution in [0.25, 0.3) is 86.2 Å². The van der Waals surface area contributed by atoms with Crippen molar-refractivity contribution in [2.24, 2.45) is 16.0 Å². The summed E-state index contributed by atoms with van der Waals surface area (Å²) < 4.78 is 11.7. The Morgan fingerprint density at radius 1 is 0.545 bits per heavy atom. The normalized spacial score (nSPS) is 18.3. The Kier molecular flexibility index (Phi) is 5.19. The number of nitrogens with zero attached hydrogens (tertiary/aromatic N) is 2. The molecule has 12 heteroatoms. The summed E-state index contributed by atoms with van der Waals surface area (Å²) in [5.74, 6) is -3.77. The zero-order valence-corrected chi connectivity index (χ0v) is 28.9. The van der Waals surface area contributed by atoms with E-state index >= 15 is 0 Å². The van der Waals surface area contributed by atoms with Crippen LogP contribution in [0.2, 0.25) is 0 Å². The second kappa shape index (κ2) is 9.56. The van der Waals surface area contributed by atoms with Gasteiger partial charge in [0.05, 0.1) is 23.8 Å². The number of hydrogen-bond acceptors (Lipinski definition) is 10. The van der Waals surface area contributed by atoms with Gasteiger partial charge in [-0.1, -0.05) is 36.4 Å². The average molecular weight is 727 g/mol. The quantitative estimate of drug-likeness (QED) is 0.0329. The van der Waals surface area contributed by atoms with E-state index in [-0.39, 0.29) is 38.9 Å². The Balaban J connectivity index is 1.04. The van der Waals surface area contributed by atoms with Gasteiger partial charge in [-0.3, -0.25) is 19.2 Å². The van der Waals surface area contributed by atoms with Gasteiger partial charge in [-0.25, -0.2) is 10.9 Å². The van der Waals surface area contributed by atoms with Gasteiger partial charge in [0.15, 0.2) is 5.41 Å². The highest BCUT2D eigenvalue weighted by molar-refractivity contribution is 6.58. The minimum Gasteiger partial charge on any atom is -0.465 e. The van der Waals surface area contributed by atoms with Crippen LogP contribution in [0.5, 0.6) is 0 Å². The maximum atomic E-state index is 14.6. The summed E-state index contributed by atoms with van der Waals surface area (Å²) in [7, 11) is 0. The van der Waals surface area contributed by atoms with Gasteiger partial charge in [0.1, 0.15) is 0 Å². The van der Waals surface area contributed by atoms with Crippen LogP contribution in [0.1, 0.15) is 70.9 Å². The van der Waals surface area contributed by atoms with Gasteiger partial charge in [0.2, 0.25) is 11.8 Å². The number of carbonyl (C=O) groups excluding carboxylic acids is 4. The fraction of sp³-hybridized carbons (Fsp3) is 0.256. The van der Waals surface area contributed by atoms with Crippen LogP contribution in [-0.4, -0.2) is 37.0 Å². The number of ether oxygens (including phenoxy) is 2. The van der Waals surface area contributed by atoms with Crippen molar-refractivity contribution in [3.8, 4) is 0 Å². The molecule has 13 rings (SSSR count). The van der Waals surface area contributed by atoms with Crippen LogP contribution in [0.4, 0.5) is 0 Å². The first-order valence-electron chi connectivity index (χ1n) is 18.7. The predicted molar refractivity (Wildman–Crippen MR) is 204 cm³/mol. The molecule has 0 saturated heterocycles. The third kappa shape index (κ3) is 3.15. The third-order valence-corrected chi connectivity index (χ3v) is 13.7. The first-order valence-corrected chi connectivity index (χ1v) is 18.7. The Labute approximate surface area is 308 Å². The second-order valence-corrected chi connectivity index (χ2v) is 16.0. The van der Waals surface area contributed by atoms with Crippen molar-refractivity contribution in [1.29, 1.82) is 0 Å². The van der Waals surface area contributed by atoms with E-state index in [1.807, 2.05) is 10.9 Å². The van der Waals surface area contributed by atoms with Gasteiger partial charge in [0.25, 0.3) is 0 Å². The number of hydrogen-bond donors (Lipinski definition) is 2. The maximum absolute atomic E-state index is 14.6. The van der Waals surface area contributed by atoms with Crippen LogP contribution < -0.4 is 10.9 Å². The van der Waals surface area contributed by atoms with Crippen molar-refractivity contribution in [1.82, 2.24) is 10.9 Å². The number of amides is 2. The number of fused-ring (bicyclic) bond motifs is 3. The largest absolute Gasteiger partial charge is 0.465 e. The van der Waals surface area contributed by atoms with Crippen molar-refractivity contribution in [2.75, 3.05) is 13.2 Å². The number of nitrogens with one attached hydrogen (secondary N) is 2. The Hall–Kier alpha value is -6.56. The number of nitroso groups, excluding NO2 is 2. The van der Waals surface area contributed by atoms with E-state index in [1.54, 1.807) is 0 Å². The van der Waals surface area contributed by atoms with E-state index in [0.29, 0.717) is 0 Å². The van der Waals surface area contributed by atoms with Crippen molar-refractivity contribution in [3.05, 3.63) is 79.6 Å². The molecule has 1 saturated carbocycles. The molecule has 0 aliphatic heterocycles. The molecule has 2 amide bonds. The molecule has 0 radical (unpaired) electrons. The molecule has 0 spiro atoms. The maximum Gasteiger partial charge on any atom is 0.324 e. The van der Waals surface area contributed by atoms with Crippen LogP contribution in [-0.2, 0) is 41.5 Å². The highest BCUT2D eigenvalue weighted by atomic mass is 16.6. The fourth-order valence-corrected chi connectivity index (χ4v) is 12.0. The van der Waals surface area contributed by atoms with E-state index in [0.717, 1.165) is 34.7 Å². The summed E-state index contributed by atoms with van der Waals surface area (Å²) in [6.07, 6.45) is 1.55. The lowest BCUT2D eigenvalue weighted by atomic mass is 9.87. The van der Waals surface area contributed by atoms with E-state index < -0.39 is 41.0 Å². The number of esters is 2. The van der Waals surface area contributed by atoms with E-state index in [9.17, 15) is 29.0 Å². The number of rotatable bonds is 12. The molecule has 0 bridgehead atoms. The standard InChI is InChI=1S/C43H26N4O8/c48-23(44-46-52)3-1-7-54-41(50)43(42(51)55-8-2-4-24(49)45-47-53)39-21-13-19-11-17-9-15-5-6-16-10-18-12-20-14-22(40(39)43)32-31(21)35-29(19)27(17)33-25(15)26(16)34-28(18)30(20)36(32)38(35)37(33)34/h5-6,9-10,13-14,39-40H,1-4,7-8,11-12H2,(H,44,48,52)(H,45,49,53). The van der Waals surface area contributed by atoms with E-state index in [4.69, 9.17) is 9.47 Å². The molecule has 2 atom stereocenters. The van der Waals surface area contributed by atoms with Crippen molar-refractivity contribution >= 4 is 110 Å². The first-order chi connectivity index (χ1) is 26.9. The van der Waals surface area contributed by atoms with Gasteiger partial charge in [-0.2, -0.15) is 0 Å². The monoisotopic (exact) mass is 726 g/mol. The minimum absolute atomic E-state index is 0.0946. The fourth-order valence-electron chi connectivity index (χ4n) is 12.0. The number of benzene rings is 7. The van der Waals surface area contributed by atoms with Crippen LogP contribution in [0.15, 0.2) is 47.0 Å². The molecule has 0 aromatic heterocycles. The molecule has 4 aliphatic rings. The predicted octanol–water partition coefficient (Wildman–Crippen LogP) is 7.33. The lowest BCUT2D eigenvalue weighted by Gasteiger charge is -2.17. The van der Waals surface area contributed by atoms with Crippen LogP contribution in [0, 0.1) is 15.2 Å². The molecule has 2 N–H and O–H groups in total. The second-order valence-electron chi connectivity index (χ2n) is 16.0. The van der Waals surface area contributed by atoms with Crippen LogP contribution in [0.3, 0.4) is 0 Å². The van der Waals surface area contributed by atoms with Crippen molar-refractivity contribution < 1.29 is 28.7 Å². The van der Waals surface area contributed by atoms with E-state index in [1.165, 1.54) is 97.7 Å². The highest BCUT2D eigenvalue weighted by Gasteiger charge is 2.79. The summed E-state index contributed by atoms with van der Waals surface area (Å²) in [6.45, 7) is -0.308. The molecule has 0 heterocycles. The summed E-state index contributed by atoms with van der Waals surface area (Å²) in [5, 5.41) is 25.4. The zero-order valence-electron chi connectivity index (χ0n) is 28.9. The topological polar surface area (TPSA) is 170 Å². The Morgan fingerprint density at radius 2 is 0.927 bits per heavy atom. The molecule has 55 heavy (non-hydrogen) atoms. The summed E-state index contributed by atoms with van der Waals surface area (Å²) in [6, 6.07) is 13.7. The molecule has 9 aromatic rings. The minimum atomic E-state index is -1.71. The van der Waals surface area contributed by atoms with E-state index in [2.05, 4.69) is 47.0 Å². The Bertz CT molecular complexity index is 3100. The van der Waals surface area contributed by atoms with Crippen molar-refractivity contribution in [2.45, 2.75) is 50.4 Å². The smallest absolute Gasteiger partial charge is 0.324 e. The van der Waals surface area contributed by atoms with Gasteiger partial charge in [-0.15, -0.1) is 9.81 Å². The molecule has 2 unspecified atom stereocenters. The Morgan fingerprint density at radius 3 is 1.35 bits per heavy atom. The van der Waals surface area contributed by atoms with Gasteiger partial charge in [-0.05, 0) is 145 Å². The lowest BCUT2D eigenvalue weighted by molar-refractivity contribution is -0.165. The zero-order chi connectivity index (χ0) is 36.8.